The number of hydrogen-bond donors (Lipinski definition) is 2. The molecule has 6 nitrogen and oxygen atoms in total. The van der Waals surface area contributed by atoms with Gasteiger partial charge in [-0.15, -0.1) is 0 Å². The Bertz CT molecular complexity index is 801. The van der Waals surface area contributed by atoms with Crippen molar-refractivity contribution in [2.45, 2.75) is 43.2 Å². The highest BCUT2D eigenvalue weighted by Crippen LogP contribution is 2.41. The van der Waals surface area contributed by atoms with Gasteiger partial charge in [0.25, 0.3) is 5.91 Å². The van der Waals surface area contributed by atoms with Gasteiger partial charge >= 0.3 is 0 Å². The van der Waals surface area contributed by atoms with Crippen LogP contribution in [0.2, 0.25) is 5.02 Å². The van der Waals surface area contributed by atoms with Crippen molar-refractivity contribution < 1.29 is 14.7 Å². The van der Waals surface area contributed by atoms with Crippen molar-refractivity contribution in [1.82, 2.24) is 9.80 Å². The van der Waals surface area contributed by atoms with Crippen molar-refractivity contribution in [3.8, 4) is 0 Å². The molecule has 1 aliphatic carbocycles. The van der Waals surface area contributed by atoms with E-state index in [1.165, 1.54) is 11.0 Å². The molecular weight excluding hydrogens is 366 g/mol. The molecule has 0 radical (unpaired) electrons. The van der Waals surface area contributed by atoms with Crippen LogP contribution in [0.25, 0.3) is 0 Å². The Morgan fingerprint density at radius 2 is 2.00 bits per heavy atom. The van der Waals surface area contributed by atoms with Crippen LogP contribution >= 0.6 is 11.6 Å². The number of carbonyl (C=O) groups is 2. The van der Waals surface area contributed by atoms with Gasteiger partial charge in [0.1, 0.15) is 12.2 Å². The molecule has 0 spiro atoms. The minimum atomic E-state index is -0.757. The fraction of sp³-hybridized carbons (Fsp3) is 0.500. The third-order valence-electron chi connectivity index (χ3n) is 6.28. The van der Waals surface area contributed by atoms with Crippen molar-refractivity contribution in [2.24, 2.45) is 5.73 Å². The first-order chi connectivity index (χ1) is 12.9. The first kappa shape index (κ1) is 18.5. The van der Waals surface area contributed by atoms with E-state index in [0.29, 0.717) is 17.3 Å². The zero-order valence-electron chi connectivity index (χ0n) is 15.1. The molecule has 2 aliphatic heterocycles. The van der Waals surface area contributed by atoms with Crippen LogP contribution in [0.15, 0.2) is 36.0 Å². The average Bonchev–Trinajstić information content (AvgIpc) is 3.07. The van der Waals surface area contributed by atoms with Crippen molar-refractivity contribution in [3.05, 3.63) is 46.6 Å². The average molecular weight is 390 g/mol. The first-order valence-electron chi connectivity index (χ1n) is 9.41. The number of halogens is 1. The lowest BCUT2D eigenvalue weighted by Gasteiger charge is -2.45. The second-order valence-corrected chi connectivity index (χ2v) is 8.22. The monoisotopic (exact) mass is 389 g/mol. The Balaban J connectivity index is 1.51. The van der Waals surface area contributed by atoms with Crippen LogP contribution in [0.5, 0.6) is 0 Å². The van der Waals surface area contributed by atoms with E-state index >= 15 is 0 Å². The van der Waals surface area contributed by atoms with Crippen molar-refractivity contribution in [2.75, 3.05) is 19.6 Å². The van der Waals surface area contributed by atoms with E-state index in [1.54, 1.807) is 4.90 Å². The summed E-state index contributed by atoms with van der Waals surface area (Å²) in [5.41, 5.74) is 7.48. The fourth-order valence-electron chi connectivity index (χ4n) is 4.67. The topological polar surface area (TPSA) is 86.9 Å². The Hall–Kier alpha value is -1.89. The van der Waals surface area contributed by atoms with Crippen LogP contribution in [0, 0.1) is 0 Å². The van der Waals surface area contributed by atoms with E-state index in [4.69, 9.17) is 17.3 Å². The molecule has 2 fully saturated rings. The van der Waals surface area contributed by atoms with E-state index in [1.807, 2.05) is 18.2 Å². The number of benzene rings is 1. The number of nitrogens with zero attached hydrogens (tertiary/aromatic N) is 2. The molecule has 4 rings (SSSR count). The molecule has 1 aromatic rings. The summed E-state index contributed by atoms with van der Waals surface area (Å²) in [7, 11) is 0. The van der Waals surface area contributed by atoms with Crippen molar-refractivity contribution in [3.63, 3.8) is 0 Å². The largest absolute Gasteiger partial charge is 0.387 e. The first-order valence-corrected chi connectivity index (χ1v) is 9.79. The lowest BCUT2D eigenvalue weighted by Crippen LogP contribution is -2.56. The van der Waals surface area contributed by atoms with Crippen LogP contribution in [-0.2, 0) is 15.0 Å². The molecule has 27 heavy (non-hydrogen) atoms. The summed E-state index contributed by atoms with van der Waals surface area (Å²) < 4.78 is 0. The smallest absolute Gasteiger partial charge is 0.271 e. The third-order valence-corrected chi connectivity index (χ3v) is 6.51. The van der Waals surface area contributed by atoms with E-state index in [2.05, 4.69) is 6.07 Å². The van der Waals surface area contributed by atoms with E-state index in [0.717, 1.165) is 31.2 Å². The van der Waals surface area contributed by atoms with Crippen LogP contribution in [0.1, 0.15) is 31.2 Å². The maximum absolute atomic E-state index is 12.9. The molecule has 2 heterocycles. The molecule has 3 N–H and O–H groups in total. The number of aliphatic hydroxyl groups excluding tert-OH is 1. The lowest BCUT2D eigenvalue weighted by molar-refractivity contribution is -0.147. The second-order valence-electron chi connectivity index (χ2n) is 7.78. The second kappa shape index (κ2) is 6.93. The normalized spacial score (nSPS) is 31.1. The predicted octanol–water partition coefficient (Wildman–Crippen LogP) is 1.41. The predicted molar refractivity (Wildman–Crippen MR) is 102 cm³/mol. The summed E-state index contributed by atoms with van der Waals surface area (Å²) in [6.45, 7) is 0.794. The number of piperazine rings is 1. The van der Waals surface area contributed by atoms with Crippen LogP contribution in [-0.4, -0.2) is 58.5 Å². The highest BCUT2D eigenvalue weighted by molar-refractivity contribution is 6.30. The molecule has 0 aromatic heterocycles. The number of hydrogen-bond acceptors (Lipinski definition) is 4. The third kappa shape index (κ3) is 3.16. The van der Waals surface area contributed by atoms with Gasteiger partial charge in [-0.1, -0.05) is 23.7 Å². The van der Waals surface area contributed by atoms with Gasteiger partial charge in [0.2, 0.25) is 5.91 Å². The minimum absolute atomic E-state index is 0.0149. The number of amides is 2. The summed E-state index contributed by atoms with van der Waals surface area (Å²) in [5, 5.41) is 10.5. The Morgan fingerprint density at radius 3 is 2.67 bits per heavy atom. The molecule has 1 saturated carbocycles. The van der Waals surface area contributed by atoms with Crippen molar-refractivity contribution >= 4 is 23.4 Å². The molecule has 144 valence electrons. The number of nitrogens with two attached hydrogens (primary N) is 1. The van der Waals surface area contributed by atoms with Gasteiger partial charge in [-0.25, -0.2) is 0 Å². The van der Waals surface area contributed by atoms with Crippen LogP contribution in [0.4, 0.5) is 0 Å². The number of rotatable bonds is 3. The molecule has 7 heteroatoms. The summed E-state index contributed by atoms with van der Waals surface area (Å²) >= 11 is 6.17. The quantitative estimate of drug-likeness (QED) is 0.818. The molecule has 1 aromatic carbocycles. The van der Waals surface area contributed by atoms with Gasteiger partial charge in [-0.2, -0.15) is 0 Å². The fourth-order valence-corrected chi connectivity index (χ4v) is 4.86. The number of fused-ring (bicyclic) bond motifs is 1. The molecule has 3 aliphatic rings. The highest BCUT2D eigenvalue weighted by Gasteiger charge is 2.44. The molecule has 0 unspecified atom stereocenters. The lowest BCUT2D eigenvalue weighted by atomic mass is 9.68. The summed E-state index contributed by atoms with van der Waals surface area (Å²) in [5.74, 6) is -0.276. The van der Waals surface area contributed by atoms with Gasteiger partial charge in [0.05, 0.1) is 12.6 Å². The Morgan fingerprint density at radius 1 is 1.26 bits per heavy atom. The van der Waals surface area contributed by atoms with Gasteiger partial charge in [0, 0.05) is 23.0 Å². The van der Waals surface area contributed by atoms with Gasteiger partial charge < -0.3 is 20.6 Å². The van der Waals surface area contributed by atoms with Gasteiger partial charge in [-0.05, 0) is 49.5 Å². The zero-order chi connectivity index (χ0) is 19.2. The van der Waals surface area contributed by atoms with E-state index < -0.39 is 6.10 Å². The number of carbonyl (C=O) groups excluding carboxylic acids is 2. The number of aliphatic hydroxyl groups is 1. The maximum Gasteiger partial charge on any atom is 0.271 e. The van der Waals surface area contributed by atoms with E-state index in [9.17, 15) is 14.7 Å². The van der Waals surface area contributed by atoms with Gasteiger partial charge in [-0.3, -0.25) is 9.59 Å². The van der Waals surface area contributed by atoms with Crippen LogP contribution < -0.4 is 5.73 Å². The minimum Gasteiger partial charge on any atom is -0.387 e. The molecule has 1 atom stereocenters. The SMILES string of the molecule is NCC1(c2cccc(Cl)c2)CCC(N2CC(=O)N3C[C@H](O)C=C3C2=O)CC1. The summed E-state index contributed by atoms with van der Waals surface area (Å²) in [6.07, 6.45) is 4.00. The molecule has 0 bridgehead atoms. The standard InChI is InChI=1S/C20H24ClN3O3/c21-14-3-1-2-13(8-14)20(12-22)6-4-15(5-7-20)23-11-18(26)24-10-16(25)9-17(24)19(23)27/h1-3,8-9,15-16,25H,4-7,10-12,22H2/t15?,16-,20?/m1/s1. The summed E-state index contributed by atoms with van der Waals surface area (Å²) in [6, 6.07) is 7.86. The van der Waals surface area contributed by atoms with Gasteiger partial charge in [0.15, 0.2) is 0 Å². The Kier molecular flexibility index (Phi) is 4.74. The van der Waals surface area contributed by atoms with E-state index in [-0.39, 0.29) is 36.4 Å². The Labute approximate surface area is 163 Å². The molecular formula is C20H24ClN3O3. The zero-order valence-corrected chi connectivity index (χ0v) is 15.9. The van der Waals surface area contributed by atoms with Crippen molar-refractivity contribution in [1.29, 1.82) is 0 Å². The van der Waals surface area contributed by atoms with Crippen LogP contribution in [0.3, 0.4) is 0 Å². The molecule has 1 saturated heterocycles. The summed E-state index contributed by atoms with van der Waals surface area (Å²) in [4.78, 5) is 28.3. The highest BCUT2D eigenvalue weighted by atomic mass is 35.5. The molecule has 2 amide bonds. The maximum atomic E-state index is 12.9.